The second-order valence-electron chi connectivity index (χ2n) is 6.85. The maximum atomic E-state index is 12.6. The molecule has 8 heteroatoms. The predicted octanol–water partition coefficient (Wildman–Crippen LogP) is 3.43. The van der Waals surface area contributed by atoms with Gasteiger partial charge in [0, 0.05) is 29.4 Å². The molecule has 0 aliphatic carbocycles. The summed E-state index contributed by atoms with van der Waals surface area (Å²) in [6, 6.07) is 8.16. The zero-order valence-electron chi connectivity index (χ0n) is 15.9. The average Bonchev–Trinajstić information content (AvgIpc) is 3.02. The highest BCUT2D eigenvalue weighted by atomic mass is 32.2. The topological polar surface area (TPSA) is 79.4 Å². The van der Waals surface area contributed by atoms with Gasteiger partial charge in [-0.3, -0.25) is 4.79 Å². The Bertz CT molecular complexity index is 912. The zero-order valence-corrected chi connectivity index (χ0v) is 17.5. The van der Waals surface area contributed by atoms with Gasteiger partial charge in [0.2, 0.25) is 15.9 Å². The molecule has 0 saturated carbocycles. The van der Waals surface area contributed by atoms with Crippen LogP contribution >= 0.6 is 11.3 Å². The molecule has 0 unspecified atom stereocenters. The molecule has 146 valence electrons. The molecule has 0 spiro atoms. The quantitative estimate of drug-likeness (QED) is 0.824. The SMILES string of the molecule is CCS(=O)(=O)N1CCC(C(=O)Nc2nc(-c3ccc(C)cc3)c(C)s2)CC1. The highest BCUT2D eigenvalue weighted by molar-refractivity contribution is 7.89. The minimum Gasteiger partial charge on any atom is -0.302 e. The number of thiazole rings is 1. The van der Waals surface area contributed by atoms with E-state index in [9.17, 15) is 13.2 Å². The maximum absolute atomic E-state index is 12.6. The third kappa shape index (κ3) is 4.56. The van der Waals surface area contributed by atoms with Crippen LogP contribution in [0.15, 0.2) is 24.3 Å². The Hall–Kier alpha value is -1.77. The summed E-state index contributed by atoms with van der Waals surface area (Å²) in [5.74, 6) is -0.155. The van der Waals surface area contributed by atoms with E-state index in [-0.39, 0.29) is 17.6 Å². The van der Waals surface area contributed by atoms with Crippen molar-refractivity contribution in [2.24, 2.45) is 5.92 Å². The highest BCUT2D eigenvalue weighted by Crippen LogP contribution is 2.31. The Kier molecular flexibility index (Phi) is 5.98. The van der Waals surface area contributed by atoms with Gasteiger partial charge >= 0.3 is 0 Å². The molecule has 1 aromatic heterocycles. The smallest absolute Gasteiger partial charge is 0.229 e. The molecule has 2 heterocycles. The number of carbonyl (C=O) groups excluding carboxylic acids is 1. The fourth-order valence-corrected chi connectivity index (χ4v) is 5.19. The molecule has 1 N–H and O–H groups in total. The summed E-state index contributed by atoms with van der Waals surface area (Å²) >= 11 is 1.46. The average molecular weight is 408 g/mol. The maximum Gasteiger partial charge on any atom is 0.229 e. The molecule has 0 radical (unpaired) electrons. The van der Waals surface area contributed by atoms with Gasteiger partial charge in [-0.1, -0.05) is 29.8 Å². The Morgan fingerprint density at radius 3 is 2.44 bits per heavy atom. The van der Waals surface area contributed by atoms with Gasteiger partial charge in [-0.2, -0.15) is 0 Å². The number of carbonyl (C=O) groups is 1. The summed E-state index contributed by atoms with van der Waals surface area (Å²) < 4.78 is 25.4. The van der Waals surface area contributed by atoms with Crippen LogP contribution in [0.3, 0.4) is 0 Å². The van der Waals surface area contributed by atoms with Gasteiger partial charge in [-0.15, -0.1) is 11.3 Å². The van der Waals surface area contributed by atoms with Crippen molar-refractivity contribution < 1.29 is 13.2 Å². The first-order valence-corrected chi connectivity index (χ1v) is 11.6. The van der Waals surface area contributed by atoms with Gasteiger partial charge in [0.15, 0.2) is 5.13 Å². The van der Waals surface area contributed by atoms with Gasteiger partial charge in [-0.05, 0) is 33.6 Å². The lowest BCUT2D eigenvalue weighted by Gasteiger charge is -2.30. The molecule has 3 rings (SSSR count). The molecule has 1 amide bonds. The van der Waals surface area contributed by atoms with E-state index < -0.39 is 10.0 Å². The summed E-state index contributed by atoms with van der Waals surface area (Å²) in [4.78, 5) is 18.2. The normalized spacial score (nSPS) is 16.4. The van der Waals surface area contributed by atoms with E-state index in [1.54, 1.807) is 6.92 Å². The largest absolute Gasteiger partial charge is 0.302 e. The van der Waals surface area contributed by atoms with Crippen LogP contribution in [-0.2, 0) is 14.8 Å². The number of anilines is 1. The zero-order chi connectivity index (χ0) is 19.6. The van der Waals surface area contributed by atoms with Crippen molar-refractivity contribution in [2.45, 2.75) is 33.6 Å². The fraction of sp³-hybridized carbons (Fsp3) is 0.474. The Morgan fingerprint density at radius 2 is 1.85 bits per heavy atom. The van der Waals surface area contributed by atoms with Crippen molar-refractivity contribution in [3.05, 3.63) is 34.7 Å². The van der Waals surface area contributed by atoms with Gasteiger partial charge in [0.05, 0.1) is 11.4 Å². The van der Waals surface area contributed by atoms with Crippen molar-refractivity contribution >= 4 is 32.4 Å². The Morgan fingerprint density at radius 1 is 1.22 bits per heavy atom. The lowest BCUT2D eigenvalue weighted by Crippen LogP contribution is -2.42. The lowest BCUT2D eigenvalue weighted by molar-refractivity contribution is -0.120. The van der Waals surface area contributed by atoms with Crippen LogP contribution in [0, 0.1) is 19.8 Å². The standard InChI is InChI=1S/C19H25N3O3S2/c1-4-27(24,25)22-11-9-16(10-12-22)18(23)21-19-20-17(14(3)26-19)15-7-5-13(2)6-8-15/h5-8,16H,4,9-12H2,1-3H3,(H,20,21,23). The second kappa shape index (κ2) is 8.08. The summed E-state index contributed by atoms with van der Waals surface area (Å²) in [7, 11) is -3.17. The van der Waals surface area contributed by atoms with Crippen molar-refractivity contribution in [1.82, 2.24) is 9.29 Å². The molecule has 1 fully saturated rings. The van der Waals surface area contributed by atoms with E-state index in [0.29, 0.717) is 31.1 Å². The summed E-state index contributed by atoms with van der Waals surface area (Å²) in [5.41, 5.74) is 3.11. The lowest BCUT2D eigenvalue weighted by atomic mass is 9.97. The first-order chi connectivity index (χ1) is 12.8. The molecular formula is C19H25N3O3S2. The van der Waals surface area contributed by atoms with Crippen molar-refractivity contribution in [2.75, 3.05) is 24.2 Å². The molecule has 6 nitrogen and oxygen atoms in total. The van der Waals surface area contributed by atoms with Crippen LogP contribution in [0.4, 0.5) is 5.13 Å². The van der Waals surface area contributed by atoms with Gasteiger partial charge in [0.1, 0.15) is 0 Å². The number of nitrogens with zero attached hydrogens (tertiary/aromatic N) is 2. The number of nitrogens with one attached hydrogen (secondary N) is 1. The van der Waals surface area contributed by atoms with Crippen molar-refractivity contribution in [1.29, 1.82) is 0 Å². The van der Waals surface area contributed by atoms with E-state index >= 15 is 0 Å². The van der Waals surface area contributed by atoms with E-state index in [4.69, 9.17) is 0 Å². The van der Waals surface area contributed by atoms with Gasteiger partial charge in [0.25, 0.3) is 0 Å². The van der Waals surface area contributed by atoms with E-state index in [2.05, 4.69) is 10.3 Å². The number of aromatic nitrogens is 1. The number of hydrogen-bond donors (Lipinski definition) is 1. The molecule has 27 heavy (non-hydrogen) atoms. The minimum absolute atomic E-state index is 0.0762. The monoisotopic (exact) mass is 407 g/mol. The summed E-state index contributed by atoms with van der Waals surface area (Å²) in [5, 5.41) is 3.52. The van der Waals surface area contributed by atoms with Gasteiger partial charge < -0.3 is 5.32 Å². The van der Waals surface area contributed by atoms with Crippen LogP contribution in [0.25, 0.3) is 11.3 Å². The number of piperidine rings is 1. The van der Waals surface area contributed by atoms with E-state index in [1.165, 1.54) is 21.2 Å². The Balaban J connectivity index is 1.64. The number of aryl methyl sites for hydroxylation is 2. The van der Waals surface area contributed by atoms with Crippen molar-refractivity contribution in [3.63, 3.8) is 0 Å². The molecular weight excluding hydrogens is 382 g/mol. The third-order valence-electron chi connectivity index (χ3n) is 4.93. The van der Waals surface area contributed by atoms with Crippen LogP contribution in [0.2, 0.25) is 0 Å². The molecule has 1 aliphatic heterocycles. The Labute approximate surface area is 164 Å². The van der Waals surface area contributed by atoms with Crippen LogP contribution in [0.1, 0.15) is 30.2 Å². The van der Waals surface area contributed by atoms with E-state index in [0.717, 1.165) is 16.1 Å². The number of hydrogen-bond acceptors (Lipinski definition) is 5. The van der Waals surface area contributed by atoms with Gasteiger partial charge in [-0.25, -0.2) is 17.7 Å². The number of benzene rings is 1. The summed E-state index contributed by atoms with van der Waals surface area (Å²) in [6.07, 6.45) is 1.08. The molecule has 1 saturated heterocycles. The second-order valence-corrected chi connectivity index (χ2v) is 10.3. The van der Waals surface area contributed by atoms with E-state index in [1.807, 2.05) is 38.1 Å². The first-order valence-electron chi connectivity index (χ1n) is 9.13. The molecule has 1 aliphatic rings. The predicted molar refractivity (Wildman–Crippen MR) is 109 cm³/mol. The third-order valence-corrected chi connectivity index (χ3v) is 7.70. The fourth-order valence-electron chi connectivity index (χ4n) is 3.22. The van der Waals surface area contributed by atoms with Crippen LogP contribution in [0.5, 0.6) is 0 Å². The molecule has 2 aromatic rings. The van der Waals surface area contributed by atoms with Crippen molar-refractivity contribution in [3.8, 4) is 11.3 Å². The van der Waals surface area contributed by atoms with Crippen LogP contribution in [-0.4, -0.2) is 42.5 Å². The number of sulfonamides is 1. The minimum atomic E-state index is -3.17. The number of amides is 1. The molecule has 0 atom stereocenters. The number of rotatable bonds is 5. The first kappa shape index (κ1) is 20.0. The summed E-state index contributed by atoms with van der Waals surface area (Å²) in [6.45, 7) is 6.49. The molecule has 1 aromatic carbocycles. The highest BCUT2D eigenvalue weighted by Gasteiger charge is 2.30. The van der Waals surface area contributed by atoms with Crippen LogP contribution < -0.4 is 5.32 Å². The molecule has 0 bridgehead atoms.